The SMILES string of the molecule is CC(NC(=O)C(CCCCN)NC(=O)C(CCCCN)NC(=O)C(C)NC(=O)C(CCCCN)NC(=O)C(C)NC(=O)C(Cc1ccc(O)cc1)NC(=O)Cc1ccccc1)C(=O)O. The number of benzene rings is 2. The first-order valence-corrected chi connectivity index (χ1v) is 21.8. The molecule has 0 heterocycles. The summed E-state index contributed by atoms with van der Waals surface area (Å²) < 4.78 is 0. The molecule has 0 radical (unpaired) electrons. The molecule has 0 aliphatic carbocycles. The number of rotatable bonds is 30. The number of hydrogen-bond donors (Lipinski definition) is 12. The Morgan fingerprint density at radius 1 is 0.469 bits per heavy atom. The van der Waals surface area contributed by atoms with Crippen molar-refractivity contribution in [2.45, 2.75) is 134 Å². The van der Waals surface area contributed by atoms with Gasteiger partial charge < -0.3 is 64.6 Å². The number of unbranched alkanes of at least 4 members (excludes halogenated alkanes) is 3. The molecule has 0 fully saturated rings. The van der Waals surface area contributed by atoms with Crippen LogP contribution in [-0.2, 0) is 51.2 Å². The molecule has 20 nitrogen and oxygen atoms in total. The molecular formula is C44H68N10O10. The van der Waals surface area contributed by atoms with Crippen molar-refractivity contribution in [2.24, 2.45) is 17.2 Å². The maximum atomic E-state index is 13.7. The molecule has 2 aromatic rings. The number of carbonyl (C=O) groups is 8. The van der Waals surface area contributed by atoms with Gasteiger partial charge in [0.25, 0.3) is 0 Å². The Hall–Kier alpha value is -6.12. The third kappa shape index (κ3) is 20.4. The Morgan fingerprint density at radius 3 is 1.28 bits per heavy atom. The molecular weight excluding hydrogens is 829 g/mol. The third-order valence-electron chi connectivity index (χ3n) is 10.2. The molecule has 0 spiro atoms. The standard InChI is InChI=1S/C44H68N10O10/c1-27(38(57)53-35(17-9-12-24-47)42(61)54-34(16-8-11-23-46)41(60)50-29(3)44(63)64)48-40(59)33(15-7-10-22-45)52-39(58)28(2)49-43(62)36(25-31-18-20-32(55)21-19-31)51-37(56)26-30-13-5-4-6-14-30/h4-6,13-14,18-21,27-29,33-36,55H,7-12,15-17,22-26,45-47H2,1-3H3,(H,48,59)(H,49,62)(H,50,60)(H,51,56)(H,52,58)(H,53,57)(H,54,61)(H,63,64). The minimum Gasteiger partial charge on any atom is -0.508 e. The molecule has 20 heteroatoms. The number of phenols is 1. The van der Waals surface area contributed by atoms with E-state index in [1.165, 1.54) is 32.9 Å². The lowest BCUT2D eigenvalue weighted by molar-refractivity contribution is -0.142. The number of nitrogens with one attached hydrogen (secondary N) is 7. The molecule has 7 atom stereocenters. The van der Waals surface area contributed by atoms with E-state index in [1.807, 2.05) is 6.07 Å². The summed E-state index contributed by atoms with van der Waals surface area (Å²) in [4.78, 5) is 105. The van der Waals surface area contributed by atoms with E-state index in [2.05, 4.69) is 37.2 Å². The second kappa shape index (κ2) is 29.3. The minimum atomic E-state index is -1.26. The van der Waals surface area contributed by atoms with Crippen LogP contribution in [-0.4, -0.2) is 119 Å². The van der Waals surface area contributed by atoms with Gasteiger partial charge in [0, 0.05) is 6.42 Å². The highest BCUT2D eigenvalue weighted by molar-refractivity contribution is 5.97. The maximum Gasteiger partial charge on any atom is 0.325 e. The summed E-state index contributed by atoms with van der Waals surface area (Å²) in [6.07, 6.45) is 3.33. The van der Waals surface area contributed by atoms with Crippen molar-refractivity contribution in [2.75, 3.05) is 19.6 Å². The number of carboxylic acid groups (broad SMARTS) is 1. The molecule has 64 heavy (non-hydrogen) atoms. The zero-order valence-electron chi connectivity index (χ0n) is 37.0. The maximum absolute atomic E-state index is 13.7. The number of amides is 7. The predicted molar refractivity (Wildman–Crippen MR) is 239 cm³/mol. The quantitative estimate of drug-likeness (QED) is 0.0424. The van der Waals surface area contributed by atoms with Crippen LogP contribution >= 0.6 is 0 Å². The number of phenolic OH excluding ortho intramolecular Hbond substituents is 1. The van der Waals surface area contributed by atoms with Crippen LogP contribution in [0.1, 0.15) is 89.7 Å². The first kappa shape index (κ1) is 54.0. The fraction of sp³-hybridized carbons (Fsp3) is 0.545. The van der Waals surface area contributed by atoms with Crippen molar-refractivity contribution < 1.29 is 48.6 Å². The summed E-state index contributed by atoms with van der Waals surface area (Å²) in [6, 6.07) is 6.83. The van der Waals surface area contributed by atoms with Crippen molar-refractivity contribution in [3.63, 3.8) is 0 Å². The summed E-state index contributed by atoms with van der Waals surface area (Å²) in [7, 11) is 0. The van der Waals surface area contributed by atoms with E-state index in [-0.39, 0.29) is 37.9 Å². The molecule has 7 unspecified atom stereocenters. The summed E-state index contributed by atoms with van der Waals surface area (Å²) in [5.41, 5.74) is 18.3. The molecule has 7 amide bonds. The topological polar surface area (TPSA) is 339 Å². The van der Waals surface area contributed by atoms with Gasteiger partial charge in [0.05, 0.1) is 6.42 Å². The van der Waals surface area contributed by atoms with Gasteiger partial charge >= 0.3 is 5.97 Å². The number of carbonyl (C=O) groups excluding carboxylic acids is 7. The van der Waals surface area contributed by atoms with E-state index in [0.29, 0.717) is 63.7 Å². The van der Waals surface area contributed by atoms with Crippen LogP contribution in [0.15, 0.2) is 54.6 Å². The lowest BCUT2D eigenvalue weighted by Crippen LogP contribution is -2.59. The molecule has 0 saturated heterocycles. The van der Waals surface area contributed by atoms with Crippen molar-refractivity contribution in [1.29, 1.82) is 0 Å². The fourth-order valence-corrected chi connectivity index (χ4v) is 6.39. The van der Waals surface area contributed by atoms with Crippen molar-refractivity contribution in [3.05, 3.63) is 65.7 Å². The van der Waals surface area contributed by atoms with Gasteiger partial charge in [0.2, 0.25) is 41.4 Å². The molecule has 2 rings (SSSR count). The van der Waals surface area contributed by atoms with Crippen molar-refractivity contribution >= 4 is 47.3 Å². The lowest BCUT2D eigenvalue weighted by atomic mass is 10.0. The third-order valence-corrected chi connectivity index (χ3v) is 10.2. The van der Waals surface area contributed by atoms with Crippen molar-refractivity contribution in [3.8, 4) is 5.75 Å². The number of carboxylic acids is 1. The summed E-state index contributed by atoms with van der Waals surface area (Å²) in [5, 5.41) is 37.2. The van der Waals surface area contributed by atoms with Crippen LogP contribution in [0.2, 0.25) is 0 Å². The van der Waals surface area contributed by atoms with Crippen molar-refractivity contribution in [1.82, 2.24) is 37.2 Å². The number of nitrogens with two attached hydrogens (primary N) is 3. The van der Waals surface area contributed by atoms with Gasteiger partial charge in [-0.25, -0.2) is 0 Å². The molecule has 15 N–H and O–H groups in total. The van der Waals surface area contributed by atoms with Gasteiger partial charge in [-0.2, -0.15) is 0 Å². The number of hydrogen-bond acceptors (Lipinski definition) is 12. The normalized spacial score (nSPS) is 14.2. The Bertz CT molecular complexity index is 1820. The summed E-state index contributed by atoms with van der Waals surface area (Å²) >= 11 is 0. The molecule has 0 aromatic heterocycles. The Kier molecular flexibility index (Phi) is 24.7. The fourth-order valence-electron chi connectivity index (χ4n) is 6.39. The highest BCUT2D eigenvalue weighted by Crippen LogP contribution is 2.13. The Balaban J connectivity index is 2.18. The number of aliphatic carboxylic acids is 1. The van der Waals surface area contributed by atoms with Gasteiger partial charge in [-0.1, -0.05) is 42.5 Å². The van der Waals surface area contributed by atoms with E-state index in [1.54, 1.807) is 36.4 Å². The van der Waals surface area contributed by atoms with Crippen LogP contribution in [0.3, 0.4) is 0 Å². The van der Waals surface area contributed by atoms with Crippen LogP contribution in [0.25, 0.3) is 0 Å². The number of aromatic hydroxyl groups is 1. The van der Waals surface area contributed by atoms with Crippen LogP contribution in [0.5, 0.6) is 5.75 Å². The predicted octanol–water partition coefficient (Wildman–Crippen LogP) is -0.898. The van der Waals surface area contributed by atoms with E-state index in [9.17, 15) is 48.6 Å². The second-order valence-electron chi connectivity index (χ2n) is 15.7. The minimum absolute atomic E-state index is 0.00119. The van der Waals surface area contributed by atoms with Gasteiger partial charge in [-0.05, 0) is 121 Å². The van der Waals surface area contributed by atoms with Crippen LogP contribution < -0.4 is 54.4 Å². The van der Waals surface area contributed by atoms with Crippen LogP contribution in [0, 0.1) is 0 Å². The van der Waals surface area contributed by atoms with Gasteiger partial charge in [0.15, 0.2) is 0 Å². The molecule has 354 valence electrons. The van der Waals surface area contributed by atoms with E-state index in [0.717, 1.165) is 5.56 Å². The largest absolute Gasteiger partial charge is 0.508 e. The van der Waals surface area contributed by atoms with Gasteiger partial charge in [0.1, 0.15) is 48.0 Å². The first-order valence-electron chi connectivity index (χ1n) is 21.8. The smallest absolute Gasteiger partial charge is 0.325 e. The average Bonchev–Trinajstić information content (AvgIpc) is 3.25. The molecule has 0 aliphatic rings. The summed E-state index contributed by atoms with van der Waals surface area (Å²) in [5.74, 6) is -5.97. The molecule has 0 aliphatic heterocycles. The van der Waals surface area contributed by atoms with E-state index in [4.69, 9.17) is 17.2 Å². The highest BCUT2D eigenvalue weighted by Gasteiger charge is 2.32. The van der Waals surface area contributed by atoms with E-state index >= 15 is 0 Å². The first-order chi connectivity index (χ1) is 30.5. The zero-order chi connectivity index (χ0) is 47.6. The lowest BCUT2D eigenvalue weighted by Gasteiger charge is -2.26. The molecule has 0 bridgehead atoms. The summed E-state index contributed by atoms with van der Waals surface area (Å²) in [6.45, 7) is 5.05. The molecule has 0 saturated carbocycles. The zero-order valence-corrected chi connectivity index (χ0v) is 37.0. The molecule has 2 aromatic carbocycles. The monoisotopic (exact) mass is 897 g/mol. The van der Waals surface area contributed by atoms with Crippen LogP contribution in [0.4, 0.5) is 0 Å². The average molecular weight is 897 g/mol. The van der Waals surface area contributed by atoms with E-state index < -0.39 is 89.6 Å². The second-order valence-corrected chi connectivity index (χ2v) is 15.7. The Morgan fingerprint density at radius 2 is 0.859 bits per heavy atom. The van der Waals surface area contributed by atoms with Gasteiger partial charge in [-0.15, -0.1) is 0 Å². The Labute approximate surface area is 374 Å². The van der Waals surface area contributed by atoms with Gasteiger partial charge in [-0.3, -0.25) is 38.4 Å². The highest BCUT2D eigenvalue weighted by atomic mass is 16.4.